The van der Waals surface area contributed by atoms with Crippen molar-refractivity contribution >= 4 is 63.3 Å². The van der Waals surface area contributed by atoms with Crippen LogP contribution in [0.4, 0.5) is 17.1 Å². The van der Waals surface area contributed by atoms with E-state index in [9.17, 15) is 0 Å². The fraction of sp³-hybridized carbons (Fsp3) is 0.160. The van der Waals surface area contributed by atoms with Crippen molar-refractivity contribution in [1.29, 1.82) is 0 Å². The van der Waals surface area contributed by atoms with Gasteiger partial charge >= 0.3 is 0 Å². The monoisotopic (exact) mass is 677 g/mol. The predicted molar refractivity (Wildman–Crippen MR) is 230 cm³/mol. The van der Waals surface area contributed by atoms with E-state index in [1.165, 1.54) is 105 Å². The van der Waals surface area contributed by atoms with E-state index in [0.717, 1.165) is 0 Å². The predicted octanol–water partition coefficient (Wildman–Crippen LogP) is 8.71. The zero-order valence-electron chi connectivity index (χ0n) is 31.4. The quantitative estimate of drug-likeness (QED) is 0.166. The number of hydrogen-bond donors (Lipinski definition) is 0. The van der Waals surface area contributed by atoms with Crippen LogP contribution >= 0.6 is 0 Å². The normalized spacial score (nSPS) is 14.1. The Labute approximate surface area is 314 Å². The summed E-state index contributed by atoms with van der Waals surface area (Å²) in [6, 6.07) is 53.6. The number of anilines is 3. The molecule has 0 aliphatic carbocycles. The van der Waals surface area contributed by atoms with Gasteiger partial charge in [-0.2, -0.15) is 0 Å². The minimum atomic E-state index is 0.0499. The Morgan fingerprint density at radius 3 is 1.25 bits per heavy atom. The molecule has 0 saturated heterocycles. The van der Waals surface area contributed by atoms with Crippen LogP contribution in [-0.2, 0) is 10.8 Å². The minimum absolute atomic E-state index is 0.0499. The molecule has 53 heavy (non-hydrogen) atoms. The van der Waals surface area contributed by atoms with Gasteiger partial charge in [0.05, 0.1) is 0 Å². The van der Waals surface area contributed by atoms with Gasteiger partial charge < -0.3 is 4.90 Å². The van der Waals surface area contributed by atoms with E-state index in [1.807, 2.05) is 0 Å². The van der Waals surface area contributed by atoms with Crippen molar-refractivity contribution in [3.63, 3.8) is 0 Å². The smallest absolute Gasteiger partial charge is 0.248 e. The Morgan fingerprint density at radius 1 is 0.396 bits per heavy atom. The molecule has 7 aromatic carbocycles. The maximum absolute atomic E-state index is 2.66. The lowest BCUT2D eigenvalue weighted by Crippen LogP contribution is -2.62. The van der Waals surface area contributed by atoms with Gasteiger partial charge in [-0.05, 0) is 100 Å². The van der Waals surface area contributed by atoms with Crippen molar-refractivity contribution in [2.24, 2.45) is 0 Å². The Bertz CT molecular complexity index is 2510. The third kappa shape index (κ3) is 4.17. The molecule has 252 valence electrons. The third-order valence-corrected chi connectivity index (χ3v) is 12.6. The Kier molecular flexibility index (Phi) is 6.17. The Morgan fingerprint density at radius 2 is 0.830 bits per heavy atom. The number of para-hydroxylation sites is 1. The van der Waals surface area contributed by atoms with Gasteiger partial charge in [0.2, 0.25) is 13.4 Å². The fourth-order valence-corrected chi connectivity index (χ4v) is 10.1. The zero-order valence-corrected chi connectivity index (χ0v) is 31.4. The summed E-state index contributed by atoms with van der Waals surface area (Å²) in [5.41, 5.74) is 26.2. The Balaban J connectivity index is 1.25. The average molecular weight is 678 g/mol. The largest absolute Gasteiger partial charge is 0.312 e. The van der Waals surface area contributed by atoms with Gasteiger partial charge in [-0.25, -0.2) is 0 Å². The van der Waals surface area contributed by atoms with E-state index in [4.69, 9.17) is 0 Å². The Hall–Kier alpha value is -5.53. The van der Waals surface area contributed by atoms with Crippen molar-refractivity contribution < 1.29 is 0 Å². The average Bonchev–Trinajstić information content (AvgIpc) is 3.69. The first-order valence-electron chi connectivity index (χ1n) is 19.3. The zero-order chi connectivity index (χ0) is 36.0. The van der Waals surface area contributed by atoms with Crippen molar-refractivity contribution in [1.82, 2.24) is 0 Å². The summed E-state index contributed by atoms with van der Waals surface area (Å²) in [5, 5.41) is 0. The molecule has 7 aromatic rings. The van der Waals surface area contributed by atoms with Gasteiger partial charge in [0.25, 0.3) is 0 Å². The highest BCUT2D eigenvalue weighted by atomic mass is 15.2. The van der Waals surface area contributed by atoms with Crippen molar-refractivity contribution in [3.05, 3.63) is 151 Å². The number of fused-ring (bicyclic) bond motifs is 10. The van der Waals surface area contributed by atoms with Crippen LogP contribution in [0.5, 0.6) is 0 Å². The van der Waals surface area contributed by atoms with E-state index < -0.39 is 0 Å². The van der Waals surface area contributed by atoms with Gasteiger partial charge in [-0.15, -0.1) is 0 Å². The second-order valence-corrected chi connectivity index (χ2v) is 17.7. The van der Waals surface area contributed by atoms with Crippen LogP contribution in [0, 0.1) is 0 Å². The summed E-state index contributed by atoms with van der Waals surface area (Å²) >= 11 is 0. The lowest BCUT2D eigenvalue weighted by Gasteiger charge is -2.43. The van der Waals surface area contributed by atoms with Crippen molar-refractivity contribution in [3.8, 4) is 44.5 Å². The maximum atomic E-state index is 2.66. The highest BCUT2D eigenvalue weighted by molar-refractivity contribution is 7.05. The highest BCUT2D eigenvalue weighted by Gasteiger charge is 2.50. The first-order valence-corrected chi connectivity index (χ1v) is 19.3. The molecular formula is C50H41B2N. The molecular weight excluding hydrogens is 636 g/mol. The van der Waals surface area contributed by atoms with Crippen LogP contribution in [0.2, 0.25) is 0 Å². The fourth-order valence-electron chi connectivity index (χ4n) is 10.1. The molecule has 1 nitrogen and oxygen atoms in total. The number of rotatable bonds is 2. The molecule has 4 aliphatic heterocycles. The molecule has 0 aromatic heterocycles. The molecule has 0 saturated carbocycles. The highest BCUT2D eigenvalue weighted by Crippen LogP contribution is 2.48. The van der Waals surface area contributed by atoms with Crippen LogP contribution in [-0.4, -0.2) is 13.4 Å². The summed E-state index contributed by atoms with van der Waals surface area (Å²) in [6.45, 7) is 14.3. The molecule has 3 heteroatoms. The molecule has 4 aliphatic rings. The molecule has 0 fully saturated rings. The van der Waals surface area contributed by atoms with Crippen LogP contribution in [0.15, 0.2) is 140 Å². The molecule has 0 unspecified atom stereocenters. The molecule has 0 radical (unpaired) electrons. The molecule has 0 N–H and O–H groups in total. The van der Waals surface area contributed by atoms with Gasteiger partial charge in [-0.1, -0.05) is 180 Å². The molecule has 0 atom stereocenters. The third-order valence-electron chi connectivity index (χ3n) is 12.6. The van der Waals surface area contributed by atoms with E-state index in [1.54, 1.807) is 0 Å². The number of hydrogen-bond acceptors (Lipinski definition) is 1. The minimum Gasteiger partial charge on any atom is -0.312 e. The van der Waals surface area contributed by atoms with Crippen molar-refractivity contribution in [2.45, 2.75) is 52.4 Å². The van der Waals surface area contributed by atoms with Gasteiger partial charge in [0, 0.05) is 17.1 Å². The summed E-state index contributed by atoms with van der Waals surface area (Å²) in [5.74, 6) is 0. The molecule has 0 amide bonds. The summed E-state index contributed by atoms with van der Waals surface area (Å²) in [4.78, 5) is 2.66. The van der Waals surface area contributed by atoms with Crippen LogP contribution < -0.4 is 37.7 Å². The van der Waals surface area contributed by atoms with Crippen LogP contribution in [0.3, 0.4) is 0 Å². The van der Waals surface area contributed by atoms with Gasteiger partial charge in [0.1, 0.15) is 0 Å². The lowest BCUT2D eigenvalue weighted by molar-refractivity contribution is 0.590. The van der Waals surface area contributed by atoms with Gasteiger partial charge in [-0.3, -0.25) is 0 Å². The van der Waals surface area contributed by atoms with Crippen molar-refractivity contribution in [2.75, 3.05) is 4.90 Å². The summed E-state index contributed by atoms with van der Waals surface area (Å²) in [7, 11) is 0. The molecule has 4 heterocycles. The standard InChI is InChI=1S/C50H41B2N/c1-49(2,3)32-20-24-38-36(28-32)44-34(30-14-9-7-10-15-30)22-26-42-46(44)51(38)40-18-13-19-41-48(40)53(42)43-27-23-35(31-16-11-8-12-17-31)45-37-29-33(50(4,5)6)21-25-39(37)52(41)47(43)45/h7-29H,1-6H3. The van der Waals surface area contributed by atoms with E-state index >= 15 is 0 Å². The number of nitrogens with zero attached hydrogens (tertiary/aromatic N) is 1. The summed E-state index contributed by atoms with van der Waals surface area (Å²) in [6.07, 6.45) is 0. The van der Waals surface area contributed by atoms with Crippen LogP contribution in [0.25, 0.3) is 44.5 Å². The molecule has 0 spiro atoms. The number of benzene rings is 7. The topological polar surface area (TPSA) is 3.24 Å². The maximum Gasteiger partial charge on any atom is 0.248 e. The van der Waals surface area contributed by atoms with E-state index in [-0.39, 0.29) is 24.3 Å². The second kappa shape index (κ2) is 10.5. The van der Waals surface area contributed by atoms with E-state index in [2.05, 4.69) is 186 Å². The second-order valence-electron chi connectivity index (χ2n) is 17.7. The first-order chi connectivity index (χ1) is 25.6. The van der Waals surface area contributed by atoms with Gasteiger partial charge in [0.15, 0.2) is 0 Å². The molecule has 11 rings (SSSR count). The summed E-state index contributed by atoms with van der Waals surface area (Å²) < 4.78 is 0. The van der Waals surface area contributed by atoms with Crippen LogP contribution in [0.1, 0.15) is 52.7 Å². The first kappa shape index (κ1) is 31.0. The lowest BCUT2D eigenvalue weighted by atomic mass is 9.32. The molecule has 0 bridgehead atoms. The SMILES string of the molecule is CC(C)(C)c1ccc2c(c1)-c1c(-c3ccccc3)ccc3c1B2c1cccc2c1N3c1ccc(-c3ccccc3)c3c1B2c1ccc(C(C)(C)C)cc1-3. The van der Waals surface area contributed by atoms with E-state index in [0.29, 0.717) is 0 Å².